The fourth-order valence-electron chi connectivity index (χ4n) is 4.32. The molecular weight excluding hydrogens is 408 g/mol. The Morgan fingerprint density at radius 3 is 2.29 bits per heavy atom. The Morgan fingerprint density at radius 1 is 0.968 bits per heavy atom. The Balaban J connectivity index is 1.78. The number of hydrogen-bond acceptors (Lipinski definition) is 2. The molecular formula is C26H25ClN2O2. The average molecular weight is 433 g/mol. The van der Waals surface area contributed by atoms with Crippen molar-refractivity contribution in [3.05, 3.63) is 95.0 Å². The standard InChI is InChI=1S/C26H25ClN2O2/c1-3-25(30)29(21-9-5-4-6-10-21)24-17-18(2)28(23-12-8-7-11-22(23)24)26(31)19-13-15-20(27)16-14-19/h4-16,18,24H,3,17H2,1-2H3/t18-,24+/m1/s1. The van der Waals surface area contributed by atoms with E-state index in [1.54, 1.807) is 24.3 Å². The lowest BCUT2D eigenvalue weighted by Crippen LogP contribution is -2.47. The Bertz CT molecular complexity index is 1080. The number of carbonyl (C=O) groups is 2. The van der Waals surface area contributed by atoms with Gasteiger partial charge < -0.3 is 9.80 Å². The Morgan fingerprint density at radius 2 is 1.61 bits per heavy atom. The van der Waals surface area contributed by atoms with Crippen LogP contribution in [0, 0.1) is 0 Å². The van der Waals surface area contributed by atoms with Crippen LogP contribution in [0.4, 0.5) is 11.4 Å². The minimum atomic E-state index is -0.143. The number of para-hydroxylation sites is 2. The molecule has 31 heavy (non-hydrogen) atoms. The number of fused-ring (bicyclic) bond motifs is 1. The topological polar surface area (TPSA) is 40.6 Å². The van der Waals surface area contributed by atoms with Gasteiger partial charge in [0.2, 0.25) is 5.91 Å². The molecule has 1 aliphatic heterocycles. The first kappa shape index (κ1) is 21.1. The molecule has 0 aliphatic carbocycles. The van der Waals surface area contributed by atoms with E-state index in [0.29, 0.717) is 23.4 Å². The normalized spacial score (nSPS) is 17.7. The molecule has 1 heterocycles. The Hall–Kier alpha value is -3.11. The SMILES string of the molecule is CCC(=O)N(c1ccccc1)[C@H]1C[C@@H](C)N(C(=O)c2ccc(Cl)cc2)c2ccccc21. The number of anilines is 2. The molecule has 3 aromatic carbocycles. The van der Waals surface area contributed by atoms with Gasteiger partial charge in [-0.3, -0.25) is 9.59 Å². The molecule has 5 heteroatoms. The van der Waals surface area contributed by atoms with Gasteiger partial charge in [0.1, 0.15) is 0 Å². The first-order valence-corrected chi connectivity index (χ1v) is 10.9. The highest BCUT2D eigenvalue weighted by Crippen LogP contribution is 2.42. The fourth-order valence-corrected chi connectivity index (χ4v) is 4.45. The average Bonchev–Trinajstić information content (AvgIpc) is 2.80. The molecule has 158 valence electrons. The molecule has 0 aromatic heterocycles. The number of halogens is 1. The van der Waals surface area contributed by atoms with Gasteiger partial charge >= 0.3 is 0 Å². The third-order valence-corrected chi connectivity index (χ3v) is 6.04. The van der Waals surface area contributed by atoms with E-state index in [0.717, 1.165) is 16.9 Å². The minimum absolute atomic E-state index is 0.0654. The summed E-state index contributed by atoms with van der Waals surface area (Å²) >= 11 is 6.01. The maximum absolute atomic E-state index is 13.4. The second-order valence-electron chi connectivity index (χ2n) is 7.79. The molecule has 0 spiro atoms. The molecule has 0 radical (unpaired) electrons. The van der Waals surface area contributed by atoms with Crippen molar-refractivity contribution in [2.45, 2.75) is 38.8 Å². The van der Waals surface area contributed by atoms with Crippen LogP contribution >= 0.6 is 11.6 Å². The van der Waals surface area contributed by atoms with Crippen molar-refractivity contribution in [3.63, 3.8) is 0 Å². The molecule has 1 aliphatic rings. The van der Waals surface area contributed by atoms with Crippen LogP contribution in [-0.4, -0.2) is 17.9 Å². The van der Waals surface area contributed by atoms with E-state index in [1.165, 1.54) is 0 Å². The van der Waals surface area contributed by atoms with Gasteiger partial charge in [-0.25, -0.2) is 0 Å². The summed E-state index contributed by atoms with van der Waals surface area (Å²) < 4.78 is 0. The van der Waals surface area contributed by atoms with Crippen molar-refractivity contribution in [2.24, 2.45) is 0 Å². The highest BCUT2D eigenvalue weighted by atomic mass is 35.5. The van der Waals surface area contributed by atoms with Crippen molar-refractivity contribution in [2.75, 3.05) is 9.80 Å². The molecule has 2 atom stereocenters. The van der Waals surface area contributed by atoms with Crippen molar-refractivity contribution >= 4 is 34.8 Å². The first-order valence-electron chi connectivity index (χ1n) is 10.6. The van der Waals surface area contributed by atoms with Crippen LogP contribution in [0.15, 0.2) is 78.9 Å². The van der Waals surface area contributed by atoms with Crippen LogP contribution in [0.3, 0.4) is 0 Å². The minimum Gasteiger partial charge on any atom is -0.305 e. The van der Waals surface area contributed by atoms with Crippen LogP contribution in [0.25, 0.3) is 0 Å². The van der Waals surface area contributed by atoms with E-state index in [1.807, 2.05) is 78.2 Å². The summed E-state index contributed by atoms with van der Waals surface area (Å²) in [5, 5.41) is 0.597. The maximum atomic E-state index is 13.4. The summed E-state index contributed by atoms with van der Waals surface area (Å²) in [5.41, 5.74) is 3.29. The summed E-state index contributed by atoms with van der Waals surface area (Å²) in [6.45, 7) is 3.92. The fraction of sp³-hybridized carbons (Fsp3) is 0.231. The highest BCUT2D eigenvalue weighted by molar-refractivity contribution is 6.30. The molecule has 0 unspecified atom stereocenters. The van der Waals surface area contributed by atoms with E-state index in [9.17, 15) is 9.59 Å². The van der Waals surface area contributed by atoms with Crippen molar-refractivity contribution in [1.29, 1.82) is 0 Å². The lowest BCUT2D eigenvalue weighted by molar-refractivity contribution is -0.118. The summed E-state index contributed by atoms with van der Waals surface area (Å²) in [6, 6.07) is 24.4. The maximum Gasteiger partial charge on any atom is 0.258 e. The number of benzene rings is 3. The Labute approximate surface area is 188 Å². The zero-order chi connectivity index (χ0) is 22.0. The molecule has 3 aromatic rings. The largest absolute Gasteiger partial charge is 0.305 e. The van der Waals surface area contributed by atoms with Crippen molar-refractivity contribution < 1.29 is 9.59 Å². The lowest BCUT2D eigenvalue weighted by Gasteiger charge is -2.43. The second kappa shape index (κ2) is 8.94. The van der Waals surface area contributed by atoms with Gasteiger partial charge in [0.25, 0.3) is 5.91 Å². The van der Waals surface area contributed by atoms with Gasteiger partial charge in [0.05, 0.1) is 6.04 Å². The summed E-state index contributed by atoms with van der Waals surface area (Å²) in [7, 11) is 0. The number of carbonyl (C=O) groups excluding carboxylic acids is 2. The van der Waals surface area contributed by atoms with E-state index >= 15 is 0 Å². The summed E-state index contributed by atoms with van der Waals surface area (Å²) in [5.74, 6) is -0.00109. The van der Waals surface area contributed by atoms with E-state index in [2.05, 4.69) is 0 Å². The van der Waals surface area contributed by atoms with Crippen LogP contribution in [0.1, 0.15) is 48.7 Å². The van der Waals surface area contributed by atoms with Gasteiger partial charge in [-0.2, -0.15) is 0 Å². The molecule has 0 bridgehead atoms. The predicted octanol–water partition coefficient (Wildman–Crippen LogP) is 6.26. The second-order valence-corrected chi connectivity index (χ2v) is 8.23. The van der Waals surface area contributed by atoms with Gasteiger partial charge in [-0.15, -0.1) is 0 Å². The van der Waals surface area contributed by atoms with Gasteiger partial charge in [0.15, 0.2) is 0 Å². The summed E-state index contributed by atoms with van der Waals surface area (Å²) in [4.78, 5) is 30.2. The van der Waals surface area contributed by atoms with Crippen molar-refractivity contribution in [3.8, 4) is 0 Å². The van der Waals surface area contributed by atoms with Crippen LogP contribution in [0.5, 0.6) is 0 Å². The van der Waals surface area contributed by atoms with E-state index < -0.39 is 0 Å². The highest BCUT2D eigenvalue weighted by Gasteiger charge is 2.38. The van der Waals surface area contributed by atoms with Crippen LogP contribution in [-0.2, 0) is 4.79 Å². The van der Waals surface area contributed by atoms with E-state index in [4.69, 9.17) is 11.6 Å². The molecule has 4 rings (SSSR count). The number of nitrogens with zero attached hydrogens (tertiary/aromatic N) is 2. The predicted molar refractivity (Wildman–Crippen MR) is 126 cm³/mol. The molecule has 4 nitrogen and oxygen atoms in total. The molecule has 0 fully saturated rings. The molecule has 2 amide bonds. The number of hydrogen-bond donors (Lipinski definition) is 0. The third kappa shape index (κ3) is 4.08. The van der Waals surface area contributed by atoms with Gasteiger partial charge in [-0.05, 0) is 61.4 Å². The van der Waals surface area contributed by atoms with Gasteiger partial charge in [-0.1, -0.05) is 54.9 Å². The zero-order valence-corrected chi connectivity index (χ0v) is 18.4. The van der Waals surface area contributed by atoms with Gasteiger partial charge in [0, 0.05) is 34.4 Å². The lowest BCUT2D eigenvalue weighted by atomic mass is 9.89. The summed E-state index contributed by atoms with van der Waals surface area (Å²) in [6.07, 6.45) is 1.06. The third-order valence-electron chi connectivity index (χ3n) is 5.79. The van der Waals surface area contributed by atoms with Crippen molar-refractivity contribution in [1.82, 2.24) is 0 Å². The number of rotatable bonds is 4. The zero-order valence-electron chi connectivity index (χ0n) is 17.7. The smallest absolute Gasteiger partial charge is 0.258 e. The molecule has 0 saturated heterocycles. The van der Waals surface area contributed by atoms with Crippen LogP contribution in [0.2, 0.25) is 5.02 Å². The quantitative estimate of drug-likeness (QED) is 0.488. The molecule has 0 N–H and O–H groups in total. The Kier molecular flexibility index (Phi) is 6.10. The monoisotopic (exact) mass is 432 g/mol. The number of amides is 2. The molecule has 0 saturated carbocycles. The van der Waals surface area contributed by atoms with Crippen LogP contribution < -0.4 is 9.80 Å². The first-order chi connectivity index (χ1) is 15.0. The van der Waals surface area contributed by atoms with E-state index in [-0.39, 0.29) is 23.9 Å².